The zero-order valence-electron chi connectivity index (χ0n) is 11.7. The highest BCUT2D eigenvalue weighted by molar-refractivity contribution is 9.08. The third-order valence-corrected chi connectivity index (χ3v) is 4.19. The summed E-state index contributed by atoms with van der Waals surface area (Å²) in [6, 6.07) is 3.93. The van der Waals surface area contributed by atoms with Crippen molar-refractivity contribution in [2.45, 2.75) is 18.7 Å². The van der Waals surface area contributed by atoms with Crippen molar-refractivity contribution in [3.05, 3.63) is 17.7 Å². The van der Waals surface area contributed by atoms with Gasteiger partial charge in [-0.05, 0) is 35.6 Å². The number of halogens is 1. The second-order valence-electron chi connectivity index (χ2n) is 3.86. The molecule has 19 heavy (non-hydrogen) atoms. The van der Waals surface area contributed by atoms with Gasteiger partial charge < -0.3 is 14.2 Å². The van der Waals surface area contributed by atoms with E-state index in [9.17, 15) is 0 Å². The SMILES string of the molecule is CCSCCCOc1c(OC)cc(CBr)cc1OC. The van der Waals surface area contributed by atoms with E-state index in [2.05, 4.69) is 22.9 Å². The second-order valence-corrected chi connectivity index (χ2v) is 5.82. The van der Waals surface area contributed by atoms with Gasteiger partial charge in [0.05, 0.1) is 20.8 Å². The molecule has 3 nitrogen and oxygen atoms in total. The Bertz CT molecular complexity index is 360. The Kier molecular flexibility index (Phi) is 8.14. The van der Waals surface area contributed by atoms with Crippen LogP contribution in [0.25, 0.3) is 0 Å². The second kappa shape index (κ2) is 9.37. The van der Waals surface area contributed by atoms with Gasteiger partial charge in [-0.25, -0.2) is 0 Å². The number of methoxy groups -OCH3 is 2. The van der Waals surface area contributed by atoms with Crippen LogP contribution in [0.3, 0.4) is 0 Å². The van der Waals surface area contributed by atoms with Crippen molar-refractivity contribution < 1.29 is 14.2 Å². The molecular formula is C14H21BrO3S. The molecule has 0 aliphatic heterocycles. The average molecular weight is 349 g/mol. The summed E-state index contributed by atoms with van der Waals surface area (Å²) in [5, 5.41) is 0.757. The summed E-state index contributed by atoms with van der Waals surface area (Å²) in [5.41, 5.74) is 1.10. The number of benzene rings is 1. The molecule has 0 bridgehead atoms. The van der Waals surface area contributed by atoms with Crippen LogP contribution in [0.15, 0.2) is 12.1 Å². The summed E-state index contributed by atoms with van der Waals surface area (Å²) in [5.74, 6) is 4.39. The van der Waals surface area contributed by atoms with E-state index >= 15 is 0 Å². The predicted octanol–water partition coefficient (Wildman–Crippen LogP) is 4.12. The van der Waals surface area contributed by atoms with Gasteiger partial charge in [0, 0.05) is 5.33 Å². The Morgan fingerprint density at radius 1 is 1.16 bits per heavy atom. The molecule has 0 saturated carbocycles. The molecule has 0 aliphatic rings. The van der Waals surface area contributed by atoms with Crippen LogP contribution < -0.4 is 14.2 Å². The monoisotopic (exact) mass is 348 g/mol. The summed E-state index contributed by atoms with van der Waals surface area (Å²) in [6.07, 6.45) is 1.02. The Labute approximate surface area is 128 Å². The molecule has 0 N–H and O–H groups in total. The van der Waals surface area contributed by atoms with Gasteiger partial charge in [-0.1, -0.05) is 22.9 Å². The number of hydrogen-bond acceptors (Lipinski definition) is 4. The molecule has 0 fully saturated rings. The lowest BCUT2D eigenvalue weighted by Gasteiger charge is -2.15. The Hall–Kier alpha value is -0.550. The Morgan fingerprint density at radius 2 is 1.79 bits per heavy atom. The minimum Gasteiger partial charge on any atom is -0.493 e. The maximum absolute atomic E-state index is 5.82. The van der Waals surface area contributed by atoms with Gasteiger partial charge in [0.2, 0.25) is 5.75 Å². The highest BCUT2D eigenvalue weighted by atomic mass is 79.9. The van der Waals surface area contributed by atoms with E-state index < -0.39 is 0 Å². The van der Waals surface area contributed by atoms with E-state index in [0.717, 1.165) is 40.3 Å². The fourth-order valence-electron chi connectivity index (χ4n) is 1.63. The Balaban J connectivity index is 2.73. The number of rotatable bonds is 9. The first-order valence-electron chi connectivity index (χ1n) is 6.28. The average Bonchev–Trinajstić information content (AvgIpc) is 2.46. The number of ether oxygens (including phenoxy) is 3. The fourth-order valence-corrected chi connectivity index (χ4v) is 2.57. The minimum atomic E-state index is 0.674. The lowest BCUT2D eigenvalue weighted by molar-refractivity contribution is 0.275. The van der Waals surface area contributed by atoms with E-state index in [4.69, 9.17) is 14.2 Å². The highest BCUT2D eigenvalue weighted by Gasteiger charge is 2.13. The lowest BCUT2D eigenvalue weighted by Crippen LogP contribution is -2.03. The van der Waals surface area contributed by atoms with Crippen molar-refractivity contribution in [1.82, 2.24) is 0 Å². The summed E-state index contributed by atoms with van der Waals surface area (Å²) in [4.78, 5) is 0. The van der Waals surface area contributed by atoms with Gasteiger partial charge in [0.1, 0.15) is 0 Å². The molecule has 0 amide bonds. The molecular weight excluding hydrogens is 328 g/mol. The molecule has 0 unspecified atom stereocenters. The third kappa shape index (κ3) is 5.15. The van der Waals surface area contributed by atoms with Crippen molar-refractivity contribution >= 4 is 27.7 Å². The van der Waals surface area contributed by atoms with Crippen molar-refractivity contribution in [2.75, 3.05) is 32.3 Å². The molecule has 0 atom stereocenters. The van der Waals surface area contributed by atoms with Crippen LogP contribution in [0.1, 0.15) is 18.9 Å². The largest absolute Gasteiger partial charge is 0.493 e. The lowest BCUT2D eigenvalue weighted by atomic mass is 10.2. The van der Waals surface area contributed by atoms with Crippen molar-refractivity contribution in [3.8, 4) is 17.2 Å². The number of hydrogen-bond donors (Lipinski definition) is 0. The molecule has 108 valence electrons. The van der Waals surface area contributed by atoms with Gasteiger partial charge in [-0.3, -0.25) is 0 Å². The molecule has 5 heteroatoms. The minimum absolute atomic E-state index is 0.674. The van der Waals surface area contributed by atoms with E-state index in [1.54, 1.807) is 14.2 Å². The summed E-state index contributed by atoms with van der Waals surface area (Å²) in [7, 11) is 3.29. The van der Waals surface area contributed by atoms with Crippen LogP contribution in [0.5, 0.6) is 17.2 Å². The van der Waals surface area contributed by atoms with Gasteiger partial charge in [-0.15, -0.1) is 0 Å². The van der Waals surface area contributed by atoms with Gasteiger partial charge in [0.25, 0.3) is 0 Å². The van der Waals surface area contributed by atoms with Gasteiger partial charge >= 0.3 is 0 Å². The molecule has 1 aromatic rings. The van der Waals surface area contributed by atoms with E-state index in [1.165, 1.54) is 0 Å². The maximum Gasteiger partial charge on any atom is 0.203 e. The normalized spacial score (nSPS) is 10.3. The molecule has 0 spiro atoms. The molecule has 0 aliphatic carbocycles. The van der Waals surface area contributed by atoms with Crippen molar-refractivity contribution in [2.24, 2.45) is 0 Å². The highest BCUT2D eigenvalue weighted by Crippen LogP contribution is 2.39. The van der Waals surface area contributed by atoms with Crippen LogP contribution >= 0.6 is 27.7 Å². The number of thioether (sulfide) groups is 1. The number of alkyl halides is 1. The van der Waals surface area contributed by atoms with Crippen LogP contribution in [0.2, 0.25) is 0 Å². The van der Waals surface area contributed by atoms with Crippen LogP contribution in [-0.4, -0.2) is 32.3 Å². The smallest absolute Gasteiger partial charge is 0.203 e. The summed E-state index contributed by atoms with van der Waals surface area (Å²) >= 11 is 5.36. The standard InChI is InChI=1S/C14H21BrO3S/c1-4-19-7-5-6-18-14-12(16-2)8-11(10-15)9-13(14)17-3/h8-9H,4-7,10H2,1-3H3. The first-order valence-corrected chi connectivity index (χ1v) is 8.55. The zero-order valence-corrected chi connectivity index (χ0v) is 14.1. The van der Waals surface area contributed by atoms with Crippen LogP contribution in [0, 0.1) is 0 Å². The quantitative estimate of drug-likeness (QED) is 0.495. The Morgan fingerprint density at radius 3 is 2.26 bits per heavy atom. The first-order chi connectivity index (χ1) is 9.26. The summed E-state index contributed by atoms with van der Waals surface area (Å²) < 4.78 is 16.6. The topological polar surface area (TPSA) is 27.7 Å². The van der Waals surface area contributed by atoms with E-state index in [-0.39, 0.29) is 0 Å². The van der Waals surface area contributed by atoms with Crippen molar-refractivity contribution in [1.29, 1.82) is 0 Å². The summed E-state index contributed by atoms with van der Waals surface area (Å²) in [6.45, 7) is 2.84. The molecule has 0 heterocycles. The molecule has 1 aromatic carbocycles. The maximum atomic E-state index is 5.82. The van der Waals surface area contributed by atoms with Crippen molar-refractivity contribution in [3.63, 3.8) is 0 Å². The first kappa shape index (κ1) is 16.5. The fraction of sp³-hybridized carbons (Fsp3) is 0.571. The van der Waals surface area contributed by atoms with E-state index in [0.29, 0.717) is 12.4 Å². The zero-order chi connectivity index (χ0) is 14.1. The third-order valence-electron chi connectivity index (χ3n) is 2.56. The molecule has 0 saturated heterocycles. The van der Waals surface area contributed by atoms with Gasteiger partial charge in [0.15, 0.2) is 11.5 Å². The molecule has 0 aromatic heterocycles. The van der Waals surface area contributed by atoms with Gasteiger partial charge in [-0.2, -0.15) is 11.8 Å². The molecule has 0 radical (unpaired) electrons. The van der Waals surface area contributed by atoms with E-state index in [1.807, 2.05) is 23.9 Å². The van der Waals surface area contributed by atoms with Crippen LogP contribution in [-0.2, 0) is 5.33 Å². The molecule has 1 rings (SSSR count). The predicted molar refractivity (Wildman–Crippen MR) is 85.3 cm³/mol. The van der Waals surface area contributed by atoms with Crippen LogP contribution in [0.4, 0.5) is 0 Å².